The van der Waals surface area contributed by atoms with E-state index in [1.807, 2.05) is 12.1 Å². The first-order valence-electron chi connectivity index (χ1n) is 9.66. The fourth-order valence-corrected chi connectivity index (χ4v) is 3.51. The van der Waals surface area contributed by atoms with Crippen LogP contribution in [-0.4, -0.2) is 53.7 Å². The largest absolute Gasteiger partial charge is 0.508 e. The summed E-state index contributed by atoms with van der Waals surface area (Å²) in [4.78, 5) is 5.14. The van der Waals surface area contributed by atoms with Gasteiger partial charge in [0, 0.05) is 38.8 Å². The first kappa shape index (κ1) is 18.7. The van der Waals surface area contributed by atoms with Crippen LogP contribution >= 0.6 is 0 Å². The van der Waals surface area contributed by atoms with Crippen LogP contribution in [0, 0.1) is 0 Å². The van der Waals surface area contributed by atoms with Gasteiger partial charge in [0.1, 0.15) is 5.75 Å². The van der Waals surface area contributed by atoms with Crippen molar-refractivity contribution in [2.24, 2.45) is 0 Å². The van der Waals surface area contributed by atoms with Crippen LogP contribution in [0.25, 0.3) is 6.08 Å². The second kappa shape index (κ2) is 9.56. The molecular formula is C23H30N2O. The quantitative estimate of drug-likeness (QED) is 0.816. The SMILES string of the molecule is CC(CCc1ccc(O)cc1)N1CCN(C/C=C/c2ccccc2)CC1. The molecule has 1 aliphatic heterocycles. The molecule has 1 atom stereocenters. The van der Waals surface area contributed by atoms with Crippen LogP contribution in [0.3, 0.4) is 0 Å². The number of aromatic hydroxyl groups is 1. The van der Waals surface area contributed by atoms with Gasteiger partial charge >= 0.3 is 0 Å². The zero-order valence-electron chi connectivity index (χ0n) is 15.7. The lowest BCUT2D eigenvalue weighted by atomic mass is 10.0. The van der Waals surface area contributed by atoms with Crippen LogP contribution in [0.2, 0.25) is 0 Å². The molecule has 0 aliphatic carbocycles. The minimum atomic E-state index is 0.347. The maximum atomic E-state index is 9.37. The van der Waals surface area contributed by atoms with Crippen molar-refractivity contribution in [1.82, 2.24) is 9.80 Å². The molecule has 0 amide bonds. The lowest BCUT2D eigenvalue weighted by Gasteiger charge is -2.37. The average molecular weight is 351 g/mol. The summed E-state index contributed by atoms with van der Waals surface area (Å²) in [6.45, 7) is 7.95. The number of aryl methyl sites for hydroxylation is 1. The zero-order chi connectivity index (χ0) is 18.2. The monoisotopic (exact) mass is 350 g/mol. The molecule has 1 fully saturated rings. The van der Waals surface area contributed by atoms with E-state index in [1.165, 1.54) is 17.5 Å². The third kappa shape index (κ3) is 5.72. The van der Waals surface area contributed by atoms with Gasteiger partial charge in [-0.3, -0.25) is 9.80 Å². The summed E-state index contributed by atoms with van der Waals surface area (Å²) in [5.41, 5.74) is 2.58. The van der Waals surface area contributed by atoms with Crippen LogP contribution in [-0.2, 0) is 6.42 Å². The molecule has 3 heteroatoms. The van der Waals surface area contributed by atoms with Crippen molar-refractivity contribution < 1.29 is 5.11 Å². The number of nitrogens with zero attached hydrogens (tertiary/aromatic N) is 2. The van der Waals surface area contributed by atoms with Crippen LogP contribution in [0.5, 0.6) is 5.75 Å². The van der Waals surface area contributed by atoms with Gasteiger partial charge in [0.05, 0.1) is 0 Å². The zero-order valence-corrected chi connectivity index (χ0v) is 15.7. The minimum absolute atomic E-state index is 0.347. The fourth-order valence-electron chi connectivity index (χ4n) is 3.51. The summed E-state index contributed by atoms with van der Waals surface area (Å²) in [5, 5.41) is 9.37. The van der Waals surface area contributed by atoms with Gasteiger partial charge in [-0.15, -0.1) is 0 Å². The maximum Gasteiger partial charge on any atom is 0.115 e. The number of piperazine rings is 1. The Bertz CT molecular complexity index is 673. The second-order valence-corrected chi connectivity index (χ2v) is 7.20. The van der Waals surface area contributed by atoms with E-state index in [4.69, 9.17) is 0 Å². The third-order valence-electron chi connectivity index (χ3n) is 5.29. The molecule has 26 heavy (non-hydrogen) atoms. The lowest BCUT2D eigenvalue weighted by molar-refractivity contribution is 0.106. The molecular weight excluding hydrogens is 320 g/mol. The lowest BCUT2D eigenvalue weighted by Crippen LogP contribution is -2.49. The molecule has 3 rings (SSSR count). The first-order chi connectivity index (χ1) is 12.7. The van der Waals surface area contributed by atoms with Crippen LogP contribution in [0.1, 0.15) is 24.5 Å². The molecule has 0 bridgehead atoms. The molecule has 0 saturated carbocycles. The first-order valence-corrected chi connectivity index (χ1v) is 9.66. The highest BCUT2D eigenvalue weighted by Gasteiger charge is 2.20. The highest BCUT2D eigenvalue weighted by atomic mass is 16.3. The number of rotatable bonds is 7. The predicted octanol–water partition coefficient (Wildman–Crippen LogP) is 4.04. The number of phenols is 1. The average Bonchev–Trinajstić information content (AvgIpc) is 2.69. The van der Waals surface area contributed by atoms with E-state index in [9.17, 15) is 5.11 Å². The van der Waals surface area contributed by atoms with E-state index in [0.29, 0.717) is 11.8 Å². The molecule has 1 unspecified atom stereocenters. The number of hydrogen-bond donors (Lipinski definition) is 1. The van der Waals surface area contributed by atoms with Gasteiger partial charge in [-0.2, -0.15) is 0 Å². The van der Waals surface area contributed by atoms with E-state index in [-0.39, 0.29) is 0 Å². The topological polar surface area (TPSA) is 26.7 Å². The Labute approximate surface area is 157 Å². The Morgan fingerprint density at radius 2 is 1.65 bits per heavy atom. The molecule has 1 heterocycles. The van der Waals surface area contributed by atoms with E-state index < -0.39 is 0 Å². The van der Waals surface area contributed by atoms with Crippen molar-refractivity contribution in [1.29, 1.82) is 0 Å². The molecule has 1 N–H and O–H groups in total. The molecule has 1 saturated heterocycles. The molecule has 0 radical (unpaired) electrons. The summed E-state index contributed by atoms with van der Waals surface area (Å²) < 4.78 is 0. The highest BCUT2D eigenvalue weighted by Crippen LogP contribution is 2.15. The van der Waals surface area contributed by atoms with Gasteiger partial charge in [0.25, 0.3) is 0 Å². The molecule has 0 aromatic heterocycles. The van der Waals surface area contributed by atoms with Gasteiger partial charge in [-0.1, -0.05) is 54.6 Å². The Balaban J connectivity index is 1.37. The van der Waals surface area contributed by atoms with Crippen LogP contribution in [0.4, 0.5) is 0 Å². The second-order valence-electron chi connectivity index (χ2n) is 7.20. The summed E-state index contributed by atoms with van der Waals surface area (Å²) in [7, 11) is 0. The third-order valence-corrected chi connectivity index (χ3v) is 5.29. The van der Waals surface area contributed by atoms with Crippen LogP contribution in [0.15, 0.2) is 60.7 Å². The fraction of sp³-hybridized carbons (Fsp3) is 0.391. The molecule has 138 valence electrons. The van der Waals surface area contributed by atoms with Gasteiger partial charge in [-0.05, 0) is 43.0 Å². The molecule has 0 spiro atoms. The Morgan fingerprint density at radius 1 is 0.962 bits per heavy atom. The number of phenolic OH excluding ortho intramolecular Hbond substituents is 1. The molecule has 2 aromatic rings. The van der Waals surface area contributed by atoms with Gasteiger partial charge < -0.3 is 5.11 Å². The van der Waals surface area contributed by atoms with Crippen molar-refractivity contribution in [3.8, 4) is 5.75 Å². The minimum Gasteiger partial charge on any atom is -0.508 e. The normalized spacial score (nSPS) is 17.6. The number of hydrogen-bond acceptors (Lipinski definition) is 3. The maximum absolute atomic E-state index is 9.37. The van der Waals surface area contributed by atoms with Crippen molar-refractivity contribution >= 4 is 6.08 Å². The smallest absolute Gasteiger partial charge is 0.115 e. The highest BCUT2D eigenvalue weighted by molar-refractivity contribution is 5.48. The summed E-state index contributed by atoms with van der Waals surface area (Å²) in [6.07, 6.45) is 6.73. The van der Waals surface area contributed by atoms with Crippen molar-refractivity contribution in [3.63, 3.8) is 0 Å². The summed E-state index contributed by atoms with van der Waals surface area (Å²) in [6, 6.07) is 18.7. The van der Waals surface area contributed by atoms with E-state index in [0.717, 1.165) is 39.1 Å². The van der Waals surface area contributed by atoms with Crippen molar-refractivity contribution in [2.45, 2.75) is 25.8 Å². The molecule has 2 aromatic carbocycles. The Kier molecular flexibility index (Phi) is 6.87. The molecule has 1 aliphatic rings. The van der Waals surface area contributed by atoms with Gasteiger partial charge in [-0.25, -0.2) is 0 Å². The summed E-state index contributed by atoms with van der Waals surface area (Å²) >= 11 is 0. The molecule has 3 nitrogen and oxygen atoms in total. The Hall–Kier alpha value is -2.10. The van der Waals surface area contributed by atoms with E-state index in [1.54, 1.807) is 12.1 Å². The van der Waals surface area contributed by atoms with Gasteiger partial charge in [0.2, 0.25) is 0 Å². The van der Waals surface area contributed by atoms with Gasteiger partial charge in [0.15, 0.2) is 0 Å². The van der Waals surface area contributed by atoms with E-state index in [2.05, 4.69) is 59.2 Å². The van der Waals surface area contributed by atoms with Crippen molar-refractivity contribution in [3.05, 3.63) is 71.8 Å². The predicted molar refractivity (Wildman–Crippen MR) is 109 cm³/mol. The number of benzene rings is 2. The van der Waals surface area contributed by atoms with Crippen molar-refractivity contribution in [2.75, 3.05) is 32.7 Å². The van der Waals surface area contributed by atoms with E-state index >= 15 is 0 Å². The summed E-state index contributed by atoms with van der Waals surface area (Å²) in [5.74, 6) is 0.347. The standard InChI is InChI=1S/C23H30N2O/c1-20(9-10-22-11-13-23(26)14-12-22)25-18-16-24(17-19-25)15-5-8-21-6-3-2-4-7-21/h2-8,11-14,20,26H,9-10,15-19H2,1H3/b8-5+. The Morgan fingerprint density at radius 3 is 2.35 bits per heavy atom. The van der Waals surface area contributed by atoms with Crippen LogP contribution < -0.4 is 0 Å².